The fraction of sp³-hybridized carbons (Fsp3) is 0.0952. The van der Waals surface area contributed by atoms with Gasteiger partial charge in [-0.2, -0.15) is 18.2 Å². The van der Waals surface area contributed by atoms with Crippen LogP contribution in [0.5, 0.6) is 0 Å². The van der Waals surface area contributed by atoms with Crippen molar-refractivity contribution in [3.05, 3.63) is 95.1 Å². The highest BCUT2D eigenvalue weighted by atomic mass is 32.1. The third-order valence-corrected chi connectivity index (χ3v) is 5.10. The first-order valence-corrected chi connectivity index (χ1v) is 9.51. The lowest BCUT2D eigenvalue weighted by atomic mass is 10.1. The van der Waals surface area contributed by atoms with Gasteiger partial charge in [0.2, 0.25) is 4.80 Å². The van der Waals surface area contributed by atoms with Gasteiger partial charge in [-0.3, -0.25) is 9.98 Å². The van der Waals surface area contributed by atoms with Gasteiger partial charge < -0.3 is 0 Å². The quantitative estimate of drug-likeness (QED) is 0.467. The number of para-hydroxylation sites is 1. The minimum absolute atomic E-state index is 0.419. The van der Waals surface area contributed by atoms with Crippen LogP contribution in [-0.2, 0) is 12.7 Å². The molecule has 4 aromatic rings. The van der Waals surface area contributed by atoms with E-state index < -0.39 is 11.7 Å². The van der Waals surface area contributed by atoms with Crippen LogP contribution in [0.2, 0.25) is 0 Å². The lowest BCUT2D eigenvalue weighted by Crippen LogP contribution is -2.04. The Hall–Kier alpha value is -3.26. The number of halogens is 3. The summed E-state index contributed by atoms with van der Waals surface area (Å²) < 4.78 is 40.5. The van der Waals surface area contributed by atoms with Crippen molar-refractivity contribution in [2.45, 2.75) is 12.7 Å². The molecule has 0 atom stereocenters. The van der Waals surface area contributed by atoms with Crippen LogP contribution in [0, 0.1) is 0 Å². The summed E-state index contributed by atoms with van der Waals surface area (Å²) in [7, 11) is 0. The topological polar surface area (TPSA) is 43.1 Å². The number of hydrogen-bond donors (Lipinski definition) is 0. The molecule has 0 aliphatic rings. The highest BCUT2D eigenvalue weighted by molar-refractivity contribution is 7.04. The first-order valence-electron chi connectivity index (χ1n) is 8.73. The first-order chi connectivity index (χ1) is 14.0. The molecule has 0 bridgehead atoms. The Morgan fingerprint density at radius 2 is 1.69 bits per heavy atom. The first kappa shape index (κ1) is 19.1. The van der Waals surface area contributed by atoms with E-state index in [4.69, 9.17) is 0 Å². The molecular weight excluding hydrogens is 397 g/mol. The van der Waals surface area contributed by atoms with E-state index in [9.17, 15) is 13.2 Å². The van der Waals surface area contributed by atoms with Gasteiger partial charge in [0.25, 0.3) is 0 Å². The zero-order chi connectivity index (χ0) is 20.3. The molecule has 0 saturated carbocycles. The van der Waals surface area contributed by atoms with E-state index in [1.807, 2.05) is 46.4 Å². The number of benzene rings is 2. The average molecular weight is 412 g/mol. The van der Waals surface area contributed by atoms with Crippen molar-refractivity contribution in [2.75, 3.05) is 0 Å². The Labute approximate surface area is 168 Å². The van der Waals surface area contributed by atoms with E-state index in [2.05, 4.69) is 15.0 Å². The molecular formula is C21H15F3N4S. The summed E-state index contributed by atoms with van der Waals surface area (Å²) >= 11 is 1.33. The van der Waals surface area contributed by atoms with Crippen LogP contribution in [0.4, 0.5) is 13.2 Å². The van der Waals surface area contributed by atoms with Crippen molar-refractivity contribution in [1.29, 1.82) is 0 Å². The standard InChI is InChI=1S/C21H15F3N4S/c22-21(23,24)17-10-8-16(9-11-17)19-27-20(26-14-15-5-4-12-25-13-15)29-28(19)18-6-2-1-3-7-18/h1-13H,14H2/b26-20-. The molecule has 4 rings (SSSR count). The molecule has 0 aliphatic heterocycles. The van der Waals surface area contributed by atoms with Crippen molar-refractivity contribution < 1.29 is 13.2 Å². The maximum atomic E-state index is 12.9. The number of pyridine rings is 1. The Balaban J connectivity index is 1.76. The Bertz CT molecular complexity index is 1150. The summed E-state index contributed by atoms with van der Waals surface area (Å²) in [5.41, 5.74) is 1.71. The van der Waals surface area contributed by atoms with Crippen molar-refractivity contribution in [3.8, 4) is 17.1 Å². The van der Waals surface area contributed by atoms with Crippen LogP contribution >= 0.6 is 11.5 Å². The van der Waals surface area contributed by atoms with Gasteiger partial charge in [-0.25, -0.2) is 3.96 Å². The van der Waals surface area contributed by atoms with Crippen LogP contribution < -0.4 is 4.80 Å². The van der Waals surface area contributed by atoms with Gasteiger partial charge in [-0.1, -0.05) is 36.4 Å². The molecule has 0 fully saturated rings. The van der Waals surface area contributed by atoms with Gasteiger partial charge in [0.05, 0.1) is 17.8 Å². The summed E-state index contributed by atoms with van der Waals surface area (Å²) in [6.07, 6.45) is -0.946. The van der Waals surface area contributed by atoms with E-state index in [0.717, 1.165) is 23.4 Å². The number of hydrogen-bond acceptors (Lipinski definition) is 4. The average Bonchev–Trinajstić information content (AvgIpc) is 3.17. The smallest absolute Gasteiger partial charge is 0.264 e. The number of alkyl halides is 3. The third-order valence-electron chi connectivity index (χ3n) is 4.15. The Morgan fingerprint density at radius 1 is 0.931 bits per heavy atom. The van der Waals surface area contributed by atoms with E-state index >= 15 is 0 Å². The maximum Gasteiger partial charge on any atom is 0.416 e. The predicted molar refractivity (Wildman–Crippen MR) is 105 cm³/mol. The molecule has 146 valence electrons. The van der Waals surface area contributed by atoms with Crippen LogP contribution in [-0.4, -0.2) is 13.9 Å². The zero-order valence-corrected chi connectivity index (χ0v) is 15.9. The van der Waals surface area contributed by atoms with Crippen molar-refractivity contribution in [3.63, 3.8) is 0 Å². The monoisotopic (exact) mass is 412 g/mol. The molecule has 0 aliphatic carbocycles. The number of aromatic nitrogens is 3. The molecule has 2 heterocycles. The minimum Gasteiger partial charge on any atom is -0.264 e. The van der Waals surface area contributed by atoms with Gasteiger partial charge in [0, 0.05) is 18.0 Å². The SMILES string of the molecule is FC(F)(F)c1ccc(-c2n/c(=N/Cc3cccnc3)sn2-c2ccccc2)cc1. The second kappa shape index (κ2) is 8.00. The van der Waals surface area contributed by atoms with Crippen molar-refractivity contribution >= 4 is 11.5 Å². The normalized spacial score (nSPS) is 12.3. The lowest BCUT2D eigenvalue weighted by molar-refractivity contribution is -0.137. The van der Waals surface area contributed by atoms with Crippen LogP contribution in [0.15, 0.2) is 84.1 Å². The largest absolute Gasteiger partial charge is 0.416 e. The van der Waals surface area contributed by atoms with Gasteiger partial charge in [0.1, 0.15) is 0 Å². The lowest BCUT2D eigenvalue weighted by Gasteiger charge is -2.09. The second-order valence-corrected chi connectivity index (χ2v) is 7.10. The minimum atomic E-state index is -4.37. The molecule has 0 spiro atoms. The number of nitrogens with zero attached hydrogens (tertiary/aromatic N) is 4. The predicted octanol–water partition coefficient (Wildman–Crippen LogP) is 5.12. The van der Waals surface area contributed by atoms with Crippen LogP contribution in [0.1, 0.15) is 11.1 Å². The Morgan fingerprint density at radius 3 is 2.34 bits per heavy atom. The third kappa shape index (κ3) is 4.43. The molecule has 4 nitrogen and oxygen atoms in total. The molecule has 0 amide bonds. The van der Waals surface area contributed by atoms with Gasteiger partial charge in [-0.15, -0.1) is 0 Å². The fourth-order valence-electron chi connectivity index (χ4n) is 2.72. The van der Waals surface area contributed by atoms with Crippen LogP contribution in [0.3, 0.4) is 0 Å². The molecule has 0 saturated heterocycles. The highest BCUT2D eigenvalue weighted by Gasteiger charge is 2.30. The van der Waals surface area contributed by atoms with Crippen molar-refractivity contribution in [2.24, 2.45) is 4.99 Å². The zero-order valence-electron chi connectivity index (χ0n) is 15.0. The molecule has 29 heavy (non-hydrogen) atoms. The fourth-order valence-corrected chi connectivity index (χ4v) is 3.60. The van der Waals surface area contributed by atoms with E-state index in [-0.39, 0.29) is 0 Å². The summed E-state index contributed by atoms with van der Waals surface area (Å²) in [6.45, 7) is 0.419. The van der Waals surface area contributed by atoms with Gasteiger partial charge in [0.15, 0.2) is 5.82 Å². The van der Waals surface area contributed by atoms with E-state index in [1.54, 1.807) is 12.4 Å². The van der Waals surface area contributed by atoms with Crippen molar-refractivity contribution in [1.82, 2.24) is 13.9 Å². The molecule has 2 aromatic carbocycles. The maximum absolute atomic E-state index is 12.9. The van der Waals surface area contributed by atoms with E-state index in [1.165, 1.54) is 23.7 Å². The van der Waals surface area contributed by atoms with Crippen LogP contribution in [0.25, 0.3) is 17.1 Å². The molecule has 0 N–H and O–H groups in total. The molecule has 8 heteroatoms. The number of rotatable bonds is 4. The molecule has 0 unspecified atom stereocenters. The summed E-state index contributed by atoms with van der Waals surface area (Å²) in [5.74, 6) is 0.542. The van der Waals surface area contributed by atoms with Gasteiger partial charge in [-0.05, 0) is 47.4 Å². The summed E-state index contributed by atoms with van der Waals surface area (Å²) in [5, 5.41) is 0. The summed E-state index contributed by atoms with van der Waals surface area (Å²) in [4.78, 5) is 13.7. The summed E-state index contributed by atoms with van der Waals surface area (Å²) in [6, 6.07) is 18.3. The second-order valence-electron chi connectivity index (χ2n) is 6.19. The van der Waals surface area contributed by atoms with E-state index in [0.29, 0.717) is 22.7 Å². The Kier molecular flexibility index (Phi) is 5.26. The molecule has 0 radical (unpaired) electrons. The molecule has 2 aromatic heterocycles. The highest BCUT2D eigenvalue weighted by Crippen LogP contribution is 2.31. The van der Waals surface area contributed by atoms with Gasteiger partial charge >= 0.3 is 6.18 Å².